The minimum absolute atomic E-state index is 0.0784. The number of hydrogen-bond acceptors (Lipinski definition) is 6. The van der Waals surface area contributed by atoms with Crippen LogP contribution in [0.4, 0.5) is 14.5 Å². The number of nitrogens with zero attached hydrogens (tertiary/aromatic N) is 1. The summed E-state index contributed by atoms with van der Waals surface area (Å²) >= 11 is 0. The number of sulfonamides is 2. The number of carbonyl (C=O) groups is 2. The second-order valence-electron chi connectivity index (χ2n) is 10.2. The largest absolute Gasteiger partial charge is 0.345 e. The molecule has 0 saturated heterocycles. The van der Waals surface area contributed by atoms with Crippen molar-refractivity contribution in [3.8, 4) is 0 Å². The summed E-state index contributed by atoms with van der Waals surface area (Å²) in [7, 11) is -6.79. The number of halogens is 2. The Morgan fingerprint density at radius 3 is 2.17 bits per heavy atom. The minimum Gasteiger partial charge on any atom is -0.345 e. The average Bonchev–Trinajstić information content (AvgIpc) is 2.92. The number of rotatable bonds is 12. The van der Waals surface area contributed by atoms with Gasteiger partial charge in [-0.2, -0.15) is 0 Å². The van der Waals surface area contributed by atoms with Crippen LogP contribution in [0.1, 0.15) is 54.2 Å². The van der Waals surface area contributed by atoms with E-state index in [1.165, 1.54) is 25.2 Å². The van der Waals surface area contributed by atoms with E-state index < -0.39 is 48.4 Å². The van der Waals surface area contributed by atoms with E-state index in [4.69, 9.17) is 0 Å². The second kappa shape index (κ2) is 13.4. The summed E-state index contributed by atoms with van der Waals surface area (Å²) in [6.07, 6.45) is 1.19. The van der Waals surface area contributed by atoms with Crippen molar-refractivity contribution in [2.45, 2.75) is 44.0 Å². The average molecular weight is 622 g/mol. The molecule has 3 rings (SSSR count). The van der Waals surface area contributed by atoms with E-state index in [0.29, 0.717) is 24.1 Å². The Kier molecular flexibility index (Phi) is 10.4. The van der Waals surface area contributed by atoms with Crippen LogP contribution in [-0.2, 0) is 31.3 Å². The number of anilines is 1. The van der Waals surface area contributed by atoms with Crippen molar-refractivity contribution in [2.24, 2.45) is 5.92 Å². The summed E-state index contributed by atoms with van der Waals surface area (Å²) in [6.45, 7) is 4.03. The predicted molar refractivity (Wildman–Crippen MR) is 156 cm³/mol. The van der Waals surface area contributed by atoms with E-state index in [1.807, 2.05) is 48.9 Å². The van der Waals surface area contributed by atoms with Gasteiger partial charge in [0.15, 0.2) is 11.6 Å². The van der Waals surface area contributed by atoms with Crippen molar-refractivity contribution in [3.63, 3.8) is 0 Å². The minimum atomic E-state index is -4.48. The highest BCUT2D eigenvalue weighted by molar-refractivity contribution is 7.92. The maximum absolute atomic E-state index is 13.6. The van der Waals surface area contributed by atoms with E-state index in [9.17, 15) is 35.2 Å². The summed E-state index contributed by atoms with van der Waals surface area (Å²) in [5.74, 6) is -3.83. The van der Waals surface area contributed by atoms with Crippen LogP contribution in [0.5, 0.6) is 0 Å². The van der Waals surface area contributed by atoms with E-state index in [1.54, 1.807) is 0 Å². The van der Waals surface area contributed by atoms with Crippen LogP contribution >= 0.6 is 0 Å². The molecule has 0 bridgehead atoms. The lowest BCUT2D eigenvalue weighted by Crippen LogP contribution is -2.32. The Labute approximate surface area is 245 Å². The third-order valence-corrected chi connectivity index (χ3v) is 9.06. The third kappa shape index (κ3) is 8.58. The molecule has 0 aliphatic heterocycles. The van der Waals surface area contributed by atoms with Gasteiger partial charge in [-0.05, 0) is 60.2 Å². The van der Waals surface area contributed by atoms with Gasteiger partial charge in [-0.25, -0.2) is 30.3 Å². The highest BCUT2D eigenvalue weighted by atomic mass is 32.2. The molecule has 0 fully saturated rings. The molecule has 0 aliphatic carbocycles. The first-order valence-electron chi connectivity index (χ1n) is 13.0. The lowest BCUT2D eigenvalue weighted by molar-refractivity contribution is -0.119. The van der Waals surface area contributed by atoms with Crippen LogP contribution in [0.25, 0.3) is 0 Å². The van der Waals surface area contributed by atoms with E-state index in [-0.39, 0.29) is 36.1 Å². The van der Waals surface area contributed by atoms with Crippen LogP contribution < -0.4 is 14.3 Å². The summed E-state index contributed by atoms with van der Waals surface area (Å²) in [5, 5.41) is 3.01. The molecule has 2 amide bonds. The summed E-state index contributed by atoms with van der Waals surface area (Å²) in [4.78, 5) is 25.6. The topological polar surface area (TPSA) is 130 Å². The van der Waals surface area contributed by atoms with Gasteiger partial charge in [0.2, 0.25) is 15.9 Å². The van der Waals surface area contributed by atoms with Crippen molar-refractivity contribution in [1.29, 1.82) is 0 Å². The first-order chi connectivity index (χ1) is 19.6. The summed E-state index contributed by atoms with van der Waals surface area (Å²) in [6, 6.07) is 15.3. The van der Waals surface area contributed by atoms with E-state index in [0.717, 1.165) is 22.2 Å². The molecule has 0 spiro atoms. The SMILES string of the molecule is CC(C)CC(NC(=O)c1cc(N(C)S(C)(=O)=O)ccc1CCC(=O)NS(=O)(=O)c1ccc(F)c(F)c1)c1ccccc1. The molecule has 0 aliphatic rings. The van der Waals surface area contributed by atoms with Crippen molar-refractivity contribution >= 4 is 37.5 Å². The quantitative estimate of drug-likeness (QED) is 0.310. The normalized spacial score (nSPS) is 12.5. The lowest BCUT2D eigenvalue weighted by Gasteiger charge is -2.23. The molecular formula is C29H33F2N3O6S2. The second-order valence-corrected chi connectivity index (χ2v) is 13.9. The molecule has 226 valence electrons. The lowest BCUT2D eigenvalue weighted by atomic mass is 9.95. The molecule has 13 heteroatoms. The summed E-state index contributed by atoms with van der Waals surface area (Å²) in [5.41, 5.74) is 1.59. The monoisotopic (exact) mass is 621 g/mol. The molecule has 42 heavy (non-hydrogen) atoms. The number of hydrogen-bond donors (Lipinski definition) is 2. The molecule has 9 nitrogen and oxygen atoms in total. The Balaban J connectivity index is 1.88. The Morgan fingerprint density at radius 1 is 0.905 bits per heavy atom. The van der Waals surface area contributed by atoms with Crippen molar-refractivity contribution in [2.75, 3.05) is 17.6 Å². The van der Waals surface area contributed by atoms with Crippen LogP contribution in [0, 0.1) is 17.6 Å². The van der Waals surface area contributed by atoms with Gasteiger partial charge in [0, 0.05) is 19.0 Å². The Hall–Kier alpha value is -3.84. The van der Waals surface area contributed by atoms with Crippen molar-refractivity contribution in [3.05, 3.63) is 95.1 Å². The van der Waals surface area contributed by atoms with Gasteiger partial charge in [0.25, 0.3) is 15.9 Å². The molecule has 3 aromatic carbocycles. The maximum Gasteiger partial charge on any atom is 0.264 e. The molecular weight excluding hydrogens is 588 g/mol. The third-order valence-electron chi connectivity index (χ3n) is 6.48. The zero-order valence-corrected chi connectivity index (χ0v) is 25.2. The molecule has 0 saturated carbocycles. The van der Waals surface area contributed by atoms with Gasteiger partial charge in [0.05, 0.1) is 22.9 Å². The van der Waals surface area contributed by atoms with Crippen molar-refractivity contribution < 1.29 is 35.2 Å². The molecule has 0 heterocycles. The van der Waals surface area contributed by atoms with Gasteiger partial charge >= 0.3 is 0 Å². The predicted octanol–water partition coefficient (Wildman–Crippen LogP) is 4.32. The molecule has 3 aromatic rings. The smallest absolute Gasteiger partial charge is 0.264 e. The molecule has 1 unspecified atom stereocenters. The highest BCUT2D eigenvalue weighted by Crippen LogP contribution is 2.25. The number of benzene rings is 3. The van der Waals surface area contributed by atoms with Crippen LogP contribution in [0.2, 0.25) is 0 Å². The Morgan fingerprint density at radius 2 is 1.57 bits per heavy atom. The van der Waals surface area contributed by atoms with E-state index >= 15 is 0 Å². The number of amides is 2. The van der Waals surface area contributed by atoms with Crippen LogP contribution in [0.3, 0.4) is 0 Å². The number of nitrogens with one attached hydrogen (secondary N) is 2. The van der Waals surface area contributed by atoms with E-state index in [2.05, 4.69) is 5.32 Å². The van der Waals surface area contributed by atoms with Gasteiger partial charge in [0.1, 0.15) is 0 Å². The van der Waals surface area contributed by atoms with Crippen LogP contribution in [0.15, 0.2) is 71.6 Å². The Bertz CT molecular complexity index is 1660. The molecule has 0 radical (unpaired) electrons. The fourth-order valence-electron chi connectivity index (χ4n) is 4.20. The van der Waals surface area contributed by atoms with Gasteiger partial charge in [-0.1, -0.05) is 50.2 Å². The van der Waals surface area contributed by atoms with Gasteiger partial charge < -0.3 is 5.32 Å². The number of carbonyl (C=O) groups excluding carboxylic acids is 2. The maximum atomic E-state index is 13.6. The molecule has 1 atom stereocenters. The zero-order valence-electron chi connectivity index (χ0n) is 23.6. The molecule has 2 N–H and O–H groups in total. The van der Waals surface area contributed by atoms with Crippen LogP contribution in [-0.4, -0.2) is 42.0 Å². The highest BCUT2D eigenvalue weighted by Gasteiger charge is 2.23. The van der Waals surface area contributed by atoms with Crippen molar-refractivity contribution in [1.82, 2.24) is 10.0 Å². The first kappa shape index (κ1) is 32.7. The zero-order chi connectivity index (χ0) is 31.2. The fraction of sp³-hybridized carbons (Fsp3) is 0.310. The van der Waals surface area contributed by atoms with Gasteiger partial charge in [-0.15, -0.1) is 0 Å². The summed E-state index contributed by atoms with van der Waals surface area (Å²) < 4.78 is 78.9. The standard InChI is InChI=1S/C29H33F2N3O6S2/c1-19(2)16-27(21-8-6-5-7-9-21)32-29(36)24-17-22(34(3)41(4,37)38)12-10-20(24)11-15-28(35)33-42(39,40)23-13-14-25(30)26(31)18-23/h5-10,12-14,17-19,27H,11,15-16H2,1-4H3,(H,32,36)(H,33,35). The van der Waals surface area contributed by atoms with Gasteiger partial charge in [-0.3, -0.25) is 13.9 Å². The first-order valence-corrected chi connectivity index (χ1v) is 16.3. The fourth-order valence-corrected chi connectivity index (χ4v) is 5.73. The molecule has 0 aromatic heterocycles. The number of aryl methyl sites for hydroxylation is 1.